The SMILES string of the molecule is CCCC(C)(C)C(=O)OCCN1CCCCC1.Cl. The molecule has 18 heavy (non-hydrogen) atoms. The minimum absolute atomic E-state index is 0. The van der Waals surface area contributed by atoms with Crippen LogP contribution in [0.3, 0.4) is 0 Å². The van der Waals surface area contributed by atoms with E-state index in [4.69, 9.17) is 4.74 Å². The highest BCUT2D eigenvalue weighted by Gasteiger charge is 2.28. The maximum atomic E-state index is 11.9. The van der Waals surface area contributed by atoms with Crippen LogP contribution in [-0.2, 0) is 9.53 Å². The zero-order valence-corrected chi connectivity index (χ0v) is 12.9. The van der Waals surface area contributed by atoms with Gasteiger partial charge in [-0.05, 0) is 46.2 Å². The van der Waals surface area contributed by atoms with Crippen LogP contribution in [0.5, 0.6) is 0 Å². The molecule has 0 aliphatic carbocycles. The molecule has 0 unspecified atom stereocenters. The van der Waals surface area contributed by atoms with E-state index in [1.54, 1.807) is 0 Å². The summed E-state index contributed by atoms with van der Waals surface area (Å²) in [5.74, 6) is -0.0450. The van der Waals surface area contributed by atoms with E-state index in [9.17, 15) is 4.79 Å². The van der Waals surface area contributed by atoms with Gasteiger partial charge in [0.15, 0.2) is 0 Å². The molecule has 0 radical (unpaired) electrons. The highest BCUT2D eigenvalue weighted by Crippen LogP contribution is 2.23. The number of hydrogen-bond acceptors (Lipinski definition) is 3. The number of hydrogen-bond donors (Lipinski definition) is 0. The fourth-order valence-corrected chi connectivity index (χ4v) is 2.37. The van der Waals surface area contributed by atoms with E-state index >= 15 is 0 Å². The fourth-order valence-electron chi connectivity index (χ4n) is 2.37. The van der Waals surface area contributed by atoms with E-state index in [-0.39, 0.29) is 23.8 Å². The quantitative estimate of drug-likeness (QED) is 0.698. The largest absolute Gasteiger partial charge is 0.464 e. The summed E-state index contributed by atoms with van der Waals surface area (Å²) in [5.41, 5.74) is -0.323. The standard InChI is InChI=1S/C14H27NO2.ClH/c1-4-8-14(2,3)13(16)17-12-11-15-9-6-5-7-10-15;/h4-12H2,1-3H3;1H. The Balaban J connectivity index is 0.00000289. The number of halogens is 1. The van der Waals surface area contributed by atoms with Gasteiger partial charge in [-0.2, -0.15) is 0 Å². The van der Waals surface area contributed by atoms with Crippen molar-refractivity contribution in [2.24, 2.45) is 5.41 Å². The molecule has 0 aromatic rings. The lowest BCUT2D eigenvalue weighted by Gasteiger charge is -2.27. The maximum absolute atomic E-state index is 11.9. The molecular formula is C14H28ClNO2. The first-order chi connectivity index (χ1) is 8.06. The highest BCUT2D eigenvalue weighted by atomic mass is 35.5. The van der Waals surface area contributed by atoms with E-state index in [2.05, 4.69) is 11.8 Å². The van der Waals surface area contributed by atoms with E-state index in [0.717, 1.165) is 32.5 Å². The van der Waals surface area contributed by atoms with Gasteiger partial charge in [-0.3, -0.25) is 9.69 Å². The second-order valence-corrected chi connectivity index (χ2v) is 5.67. The fraction of sp³-hybridized carbons (Fsp3) is 0.929. The van der Waals surface area contributed by atoms with Crippen LogP contribution in [0.1, 0.15) is 52.9 Å². The van der Waals surface area contributed by atoms with Crippen molar-refractivity contribution in [1.29, 1.82) is 0 Å². The van der Waals surface area contributed by atoms with Gasteiger partial charge in [0.25, 0.3) is 0 Å². The highest BCUT2D eigenvalue weighted by molar-refractivity contribution is 5.85. The average molecular weight is 278 g/mol. The van der Waals surface area contributed by atoms with Gasteiger partial charge in [-0.15, -0.1) is 12.4 Å². The Morgan fingerprint density at radius 2 is 1.83 bits per heavy atom. The van der Waals surface area contributed by atoms with E-state index < -0.39 is 0 Å². The molecule has 0 N–H and O–H groups in total. The normalized spacial score (nSPS) is 17.1. The molecule has 1 aliphatic rings. The van der Waals surface area contributed by atoms with Crippen molar-refractivity contribution in [3.8, 4) is 0 Å². The van der Waals surface area contributed by atoms with Gasteiger partial charge in [0.05, 0.1) is 5.41 Å². The molecule has 1 aliphatic heterocycles. The Morgan fingerprint density at radius 1 is 1.22 bits per heavy atom. The summed E-state index contributed by atoms with van der Waals surface area (Å²) in [6.07, 6.45) is 5.84. The van der Waals surface area contributed by atoms with Crippen molar-refractivity contribution in [2.75, 3.05) is 26.2 Å². The molecule has 0 aromatic heterocycles. The molecule has 0 spiro atoms. The summed E-state index contributed by atoms with van der Waals surface area (Å²) in [6, 6.07) is 0. The Morgan fingerprint density at radius 3 is 2.39 bits per heavy atom. The first-order valence-corrected chi connectivity index (χ1v) is 6.96. The van der Waals surface area contributed by atoms with Crippen molar-refractivity contribution >= 4 is 18.4 Å². The predicted octanol–water partition coefficient (Wildman–Crippen LogP) is 3.26. The molecule has 1 saturated heterocycles. The zero-order chi connectivity index (χ0) is 12.7. The topological polar surface area (TPSA) is 29.5 Å². The lowest BCUT2D eigenvalue weighted by molar-refractivity contribution is -0.154. The molecule has 1 rings (SSSR count). The molecule has 1 heterocycles. The molecule has 1 fully saturated rings. The smallest absolute Gasteiger partial charge is 0.311 e. The van der Waals surface area contributed by atoms with Gasteiger partial charge in [0, 0.05) is 6.54 Å². The summed E-state index contributed by atoms with van der Waals surface area (Å²) < 4.78 is 5.38. The van der Waals surface area contributed by atoms with Crippen LogP contribution in [0.2, 0.25) is 0 Å². The van der Waals surface area contributed by atoms with Crippen LogP contribution < -0.4 is 0 Å². The molecule has 0 bridgehead atoms. The van der Waals surface area contributed by atoms with Gasteiger partial charge < -0.3 is 4.74 Å². The summed E-state index contributed by atoms with van der Waals surface area (Å²) in [5, 5.41) is 0. The van der Waals surface area contributed by atoms with Crippen LogP contribution in [0.15, 0.2) is 0 Å². The molecule has 3 nitrogen and oxygen atoms in total. The number of carbonyl (C=O) groups excluding carboxylic acids is 1. The minimum Gasteiger partial charge on any atom is -0.464 e. The second-order valence-electron chi connectivity index (χ2n) is 5.67. The summed E-state index contributed by atoms with van der Waals surface area (Å²) in [6.45, 7) is 9.81. The van der Waals surface area contributed by atoms with Crippen LogP contribution in [0.4, 0.5) is 0 Å². The number of esters is 1. The lowest BCUT2D eigenvalue weighted by atomic mass is 9.88. The summed E-state index contributed by atoms with van der Waals surface area (Å²) >= 11 is 0. The monoisotopic (exact) mass is 277 g/mol. The number of rotatable bonds is 6. The molecule has 0 amide bonds. The first-order valence-electron chi connectivity index (χ1n) is 6.96. The third-order valence-corrected chi connectivity index (χ3v) is 3.52. The number of carbonyl (C=O) groups is 1. The Bertz CT molecular complexity index is 238. The van der Waals surface area contributed by atoms with Gasteiger partial charge in [0.2, 0.25) is 0 Å². The molecule has 0 atom stereocenters. The molecule has 4 heteroatoms. The predicted molar refractivity (Wildman–Crippen MR) is 77.2 cm³/mol. The Hall–Kier alpha value is -0.280. The van der Waals surface area contributed by atoms with E-state index in [1.165, 1.54) is 19.3 Å². The van der Waals surface area contributed by atoms with Crippen LogP contribution in [0.25, 0.3) is 0 Å². The van der Waals surface area contributed by atoms with Crippen LogP contribution in [0, 0.1) is 5.41 Å². The van der Waals surface area contributed by atoms with E-state index in [1.807, 2.05) is 13.8 Å². The Labute approximate surface area is 118 Å². The van der Waals surface area contributed by atoms with Crippen molar-refractivity contribution in [1.82, 2.24) is 4.90 Å². The number of piperidine rings is 1. The minimum atomic E-state index is -0.323. The zero-order valence-electron chi connectivity index (χ0n) is 12.0. The third-order valence-electron chi connectivity index (χ3n) is 3.52. The lowest BCUT2D eigenvalue weighted by Crippen LogP contribution is -2.35. The Kier molecular flexibility index (Phi) is 8.62. The van der Waals surface area contributed by atoms with Crippen LogP contribution in [-0.4, -0.2) is 37.1 Å². The summed E-state index contributed by atoms with van der Waals surface area (Å²) in [4.78, 5) is 14.2. The summed E-state index contributed by atoms with van der Waals surface area (Å²) in [7, 11) is 0. The van der Waals surface area contributed by atoms with Gasteiger partial charge in [-0.25, -0.2) is 0 Å². The number of nitrogens with zero attached hydrogens (tertiary/aromatic N) is 1. The third kappa shape index (κ3) is 6.05. The van der Waals surface area contributed by atoms with Crippen molar-refractivity contribution in [3.63, 3.8) is 0 Å². The number of likely N-dealkylation sites (tertiary alicyclic amines) is 1. The van der Waals surface area contributed by atoms with Crippen molar-refractivity contribution in [2.45, 2.75) is 52.9 Å². The molecular weight excluding hydrogens is 250 g/mol. The van der Waals surface area contributed by atoms with Gasteiger partial charge in [0.1, 0.15) is 6.61 Å². The first kappa shape index (κ1) is 17.7. The second kappa shape index (κ2) is 8.76. The molecule has 108 valence electrons. The molecule has 0 saturated carbocycles. The maximum Gasteiger partial charge on any atom is 0.311 e. The van der Waals surface area contributed by atoms with Crippen LogP contribution >= 0.6 is 12.4 Å². The van der Waals surface area contributed by atoms with Crippen molar-refractivity contribution < 1.29 is 9.53 Å². The van der Waals surface area contributed by atoms with Gasteiger partial charge in [-0.1, -0.05) is 19.8 Å². The van der Waals surface area contributed by atoms with Crippen molar-refractivity contribution in [3.05, 3.63) is 0 Å². The molecule has 0 aromatic carbocycles. The van der Waals surface area contributed by atoms with E-state index in [0.29, 0.717) is 6.61 Å². The average Bonchev–Trinajstić information content (AvgIpc) is 2.30. The number of ether oxygens (including phenoxy) is 1. The van der Waals surface area contributed by atoms with Gasteiger partial charge >= 0.3 is 5.97 Å².